The number of amidine groups is 1. The number of allylic oxidation sites excluding steroid dienone is 2. The Balaban J connectivity index is 4.82. The van der Waals surface area contributed by atoms with Gasteiger partial charge in [0.15, 0.2) is 0 Å². The second-order valence-electron chi connectivity index (χ2n) is 3.35. The predicted octanol–water partition coefficient (Wildman–Crippen LogP) is 1.99. The van der Waals surface area contributed by atoms with E-state index in [4.69, 9.17) is 5.73 Å². The van der Waals surface area contributed by atoms with Gasteiger partial charge in [0.05, 0.1) is 0 Å². The van der Waals surface area contributed by atoms with Crippen molar-refractivity contribution < 1.29 is 0 Å². The van der Waals surface area contributed by atoms with Gasteiger partial charge < -0.3 is 5.73 Å². The lowest BCUT2D eigenvalue weighted by atomic mass is 10.1. The molecule has 0 atom stereocenters. The lowest BCUT2D eigenvalue weighted by molar-refractivity contribution is 0.889. The van der Waals surface area contributed by atoms with Crippen LogP contribution in [0.1, 0.15) is 27.7 Å². The van der Waals surface area contributed by atoms with Gasteiger partial charge in [0, 0.05) is 18.5 Å². The van der Waals surface area contributed by atoms with Crippen molar-refractivity contribution >= 4 is 11.5 Å². The zero-order valence-electron chi connectivity index (χ0n) is 9.13. The van der Waals surface area contributed by atoms with Crippen LogP contribution in [0, 0.1) is 5.92 Å². The van der Waals surface area contributed by atoms with E-state index in [0.29, 0.717) is 5.92 Å². The quantitative estimate of drug-likeness (QED) is 0.514. The van der Waals surface area contributed by atoms with Gasteiger partial charge in [-0.05, 0) is 25.8 Å². The Morgan fingerprint density at radius 1 is 1.31 bits per heavy atom. The first-order valence-electron chi connectivity index (χ1n) is 4.43. The largest absolute Gasteiger partial charge is 0.402 e. The molecule has 0 spiro atoms. The van der Waals surface area contributed by atoms with Crippen LogP contribution in [0.3, 0.4) is 0 Å². The van der Waals surface area contributed by atoms with E-state index in [0.717, 1.165) is 17.2 Å². The van der Waals surface area contributed by atoms with Crippen molar-refractivity contribution in [3.63, 3.8) is 0 Å². The van der Waals surface area contributed by atoms with E-state index in [2.05, 4.69) is 23.8 Å². The summed E-state index contributed by atoms with van der Waals surface area (Å²) in [5.74, 6) is 1.15. The highest BCUT2D eigenvalue weighted by Crippen LogP contribution is 2.01. The summed E-state index contributed by atoms with van der Waals surface area (Å²) < 4.78 is 0. The Labute approximate surface area is 80.5 Å². The van der Waals surface area contributed by atoms with Crippen LogP contribution in [0.15, 0.2) is 21.8 Å². The van der Waals surface area contributed by atoms with Gasteiger partial charge in [-0.15, -0.1) is 0 Å². The van der Waals surface area contributed by atoms with Gasteiger partial charge in [0.2, 0.25) is 0 Å². The van der Waals surface area contributed by atoms with Gasteiger partial charge in [-0.25, -0.2) is 4.99 Å². The molecule has 0 aromatic heterocycles. The molecule has 3 heteroatoms. The van der Waals surface area contributed by atoms with Gasteiger partial charge in [-0.1, -0.05) is 13.8 Å². The first-order valence-corrected chi connectivity index (χ1v) is 4.43. The minimum Gasteiger partial charge on any atom is -0.402 e. The maximum atomic E-state index is 5.59. The summed E-state index contributed by atoms with van der Waals surface area (Å²) in [5, 5.41) is 0. The van der Waals surface area contributed by atoms with Crippen molar-refractivity contribution in [2.24, 2.45) is 21.6 Å². The molecule has 0 aromatic rings. The van der Waals surface area contributed by atoms with Crippen LogP contribution >= 0.6 is 0 Å². The summed E-state index contributed by atoms with van der Waals surface area (Å²) in [6.07, 6.45) is 1.89. The number of hydrogen-bond donors (Lipinski definition) is 1. The summed E-state index contributed by atoms with van der Waals surface area (Å²) in [7, 11) is 1.73. The zero-order valence-corrected chi connectivity index (χ0v) is 9.13. The molecule has 0 aliphatic rings. The molecule has 0 saturated heterocycles. The van der Waals surface area contributed by atoms with Crippen molar-refractivity contribution in [2.45, 2.75) is 27.7 Å². The third kappa shape index (κ3) is 5.17. The van der Waals surface area contributed by atoms with Crippen molar-refractivity contribution in [1.82, 2.24) is 0 Å². The van der Waals surface area contributed by atoms with Crippen LogP contribution in [-0.2, 0) is 0 Å². The maximum Gasteiger partial charge on any atom is 0.120 e. The van der Waals surface area contributed by atoms with E-state index in [1.165, 1.54) is 0 Å². The fourth-order valence-electron chi connectivity index (χ4n) is 0.798. The lowest BCUT2D eigenvalue weighted by Gasteiger charge is -2.05. The third-order valence-corrected chi connectivity index (χ3v) is 1.58. The van der Waals surface area contributed by atoms with Gasteiger partial charge in [0.25, 0.3) is 0 Å². The second-order valence-corrected chi connectivity index (χ2v) is 3.35. The number of rotatable bonds is 2. The topological polar surface area (TPSA) is 50.7 Å². The first kappa shape index (κ1) is 11.9. The molecule has 0 fully saturated rings. The van der Waals surface area contributed by atoms with Crippen LogP contribution in [0.2, 0.25) is 0 Å². The second kappa shape index (κ2) is 5.51. The fraction of sp³-hybridized carbons (Fsp3) is 0.600. The van der Waals surface area contributed by atoms with Crippen molar-refractivity contribution in [1.29, 1.82) is 0 Å². The average molecular weight is 181 g/mol. The monoisotopic (exact) mass is 181 g/mol. The SMILES string of the molecule is CN=C(C)N=C(/C=C(/C)N)C(C)C. The molecular formula is C10H19N3. The van der Waals surface area contributed by atoms with E-state index in [-0.39, 0.29) is 0 Å². The Morgan fingerprint density at radius 3 is 2.15 bits per heavy atom. The number of hydrogen-bond acceptors (Lipinski definition) is 2. The van der Waals surface area contributed by atoms with Crippen LogP contribution < -0.4 is 5.73 Å². The van der Waals surface area contributed by atoms with Crippen molar-refractivity contribution in [3.05, 3.63) is 11.8 Å². The Bertz CT molecular complexity index is 243. The van der Waals surface area contributed by atoms with E-state index in [1.807, 2.05) is 19.9 Å². The highest BCUT2D eigenvalue weighted by molar-refractivity contribution is 6.04. The molecule has 0 aromatic carbocycles. The molecule has 0 saturated carbocycles. The summed E-state index contributed by atoms with van der Waals surface area (Å²) in [6.45, 7) is 7.90. The molecule has 0 amide bonds. The minimum absolute atomic E-state index is 0.371. The van der Waals surface area contributed by atoms with Gasteiger partial charge in [0.1, 0.15) is 5.84 Å². The lowest BCUT2D eigenvalue weighted by Crippen LogP contribution is -2.09. The summed E-state index contributed by atoms with van der Waals surface area (Å²) in [4.78, 5) is 8.32. The summed E-state index contributed by atoms with van der Waals surface area (Å²) in [5.41, 5.74) is 7.34. The van der Waals surface area contributed by atoms with Crippen LogP contribution in [0.5, 0.6) is 0 Å². The van der Waals surface area contributed by atoms with Crippen molar-refractivity contribution in [3.8, 4) is 0 Å². The first-order chi connectivity index (χ1) is 5.97. The standard InChI is InChI=1S/C10H19N3/c1-7(2)10(6-8(3)11)13-9(4)12-5/h6-7H,11H2,1-5H3/b8-6-,12-9?,13-10?. The van der Waals surface area contributed by atoms with Crippen molar-refractivity contribution in [2.75, 3.05) is 7.05 Å². The van der Waals surface area contributed by atoms with Crippen LogP contribution in [0.25, 0.3) is 0 Å². The molecule has 0 rings (SSSR count). The Hall–Kier alpha value is -1.12. The Morgan fingerprint density at radius 2 is 1.85 bits per heavy atom. The molecule has 0 bridgehead atoms. The van der Waals surface area contributed by atoms with Crippen LogP contribution in [-0.4, -0.2) is 18.6 Å². The molecule has 3 nitrogen and oxygen atoms in total. The van der Waals surface area contributed by atoms with E-state index >= 15 is 0 Å². The maximum absolute atomic E-state index is 5.59. The molecule has 0 aliphatic carbocycles. The number of nitrogens with two attached hydrogens (primary N) is 1. The summed E-state index contributed by atoms with van der Waals surface area (Å²) >= 11 is 0. The smallest absolute Gasteiger partial charge is 0.120 e. The van der Waals surface area contributed by atoms with Gasteiger partial charge in [-0.2, -0.15) is 0 Å². The molecule has 13 heavy (non-hydrogen) atoms. The van der Waals surface area contributed by atoms with E-state index in [9.17, 15) is 0 Å². The average Bonchev–Trinajstić information content (AvgIpc) is 2.02. The molecule has 0 heterocycles. The van der Waals surface area contributed by atoms with E-state index < -0.39 is 0 Å². The van der Waals surface area contributed by atoms with Gasteiger partial charge in [-0.3, -0.25) is 4.99 Å². The fourth-order valence-corrected chi connectivity index (χ4v) is 0.798. The Kier molecular flexibility index (Phi) is 5.04. The summed E-state index contributed by atoms with van der Waals surface area (Å²) in [6, 6.07) is 0. The molecule has 74 valence electrons. The molecule has 0 unspecified atom stereocenters. The number of nitrogens with zero attached hydrogens (tertiary/aromatic N) is 2. The highest BCUT2D eigenvalue weighted by Gasteiger charge is 2.02. The van der Waals surface area contributed by atoms with Crippen LogP contribution in [0.4, 0.5) is 0 Å². The molecule has 0 aliphatic heterocycles. The predicted molar refractivity (Wildman–Crippen MR) is 59.3 cm³/mol. The third-order valence-electron chi connectivity index (χ3n) is 1.58. The highest BCUT2D eigenvalue weighted by atomic mass is 14.9. The molecular weight excluding hydrogens is 162 g/mol. The van der Waals surface area contributed by atoms with E-state index in [1.54, 1.807) is 7.05 Å². The zero-order chi connectivity index (χ0) is 10.4. The number of aliphatic imine (C=N–C) groups is 2. The normalized spacial score (nSPS) is 15.4. The minimum atomic E-state index is 0.371. The molecule has 2 N–H and O–H groups in total. The van der Waals surface area contributed by atoms with Gasteiger partial charge >= 0.3 is 0 Å². The molecule has 0 radical (unpaired) electrons.